The molecule has 1 aliphatic carbocycles. The minimum absolute atomic E-state index is 0.178. The highest BCUT2D eigenvalue weighted by atomic mass is 19.1. The highest BCUT2D eigenvalue weighted by Gasteiger charge is 2.18. The fraction of sp³-hybridized carbons (Fsp3) is 0.300. The van der Waals surface area contributed by atoms with Crippen molar-refractivity contribution in [3.8, 4) is 0 Å². The summed E-state index contributed by atoms with van der Waals surface area (Å²) in [5.74, 6) is -1.78. The fourth-order valence-corrected chi connectivity index (χ4v) is 3.61. The molecular formula is C20H19F2N3O. The lowest BCUT2D eigenvalue weighted by Gasteiger charge is -2.23. The van der Waals surface area contributed by atoms with E-state index in [4.69, 9.17) is 0 Å². The summed E-state index contributed by atoms with van der Waals surface area (Å²) in [7, 11) is 0. The summed E-state index contributed by atoms with van der Waals surface area (Å²) in [6.45, 7) is 0. The molecule has 26 heavy (non-hydrogen) atoms. The molecule has 0 aliphatic heterocycles. The van der Waals surface area contributed by atoms with Gasteiger partial charge < -0.3 is 9.88 Å². The summed E-state index contributed by atoms with van der Waals surface area (Å²) in [5.41, 5.74) is 1.89. The Hall–Kier alpha value is -2.76. The normalized spacial score (nSPS) is 15.3. The van der Waals surface area contributed by atoms with Gasteiger partial charge in [-0.25, -0.2) is 13.8 Å². The lowest BCUT2D eigenvalue weighted by Crippen LogP contribution is -2.13. The average Bonchev–Trinajstić information content (AvgIpc) is 3.08. The van der Waals surface area contributed by atoms with Gasteiger partial charge in [0, 0.05) is 17.7 Å². The highest BCUT2D eigenvalue weighted by Crippen LogP contribution is 2.31. The van der Waals surface area contributed by atoms with E-state index < -0.39 is 17.5 Å². The molecule has 1 aliphatic rings. The van der Waals surface area contributed by atoms with Crippen LogP contribution < -0.4 is 5.32 Å². The second-order valence-corrected chi connectivity index (χ2v) is 6.73. The van der Waals surface area contributed by atoms with E-state index in [1.807, 2.05) is 12.4 Å². The van der Waals surface area contributed by atoms with Crippen LogP contribution in [0.15, 0.2) is 42.7 Å². The number of carbonyl (C=O) groups is 1. The van der Waals surface area contributed by atoms with E-state index in [2.05, 4.69) is 14.9 Å². The molecule has 0 unspecified atom stereocenters. The summed E-state index contributed by atoms with van der Waals surface area (Å²) in [5, 5.41) is 2.41. The molecule has 1 amide bonds. The number of rotatable bonds is 3. The molecule has 1 aromatic heterocycles. The van der Waals surface area contributed by atoms with Crippen LogP contribution in [0.1, 0.15) is 48.5 Å². The molecule has 134 valence electrons. The van der Waals surface area contributed by atoms with Crippen LogP contribution in [-0.2, 0) is 0 Å². The van der Waals surface area contributed by atoms with Crippen LogP contribution in [0.25, 0.3) is 11.0 Å². The first-order valence-corrected chi connectivity index (χ1v) is 8.85. The van der Waals surface area contributed by atoms with Gasteiger partial charge in [-0.3, -0.25) is 4.79 Å². The van der Waals surface area contributed by atoms with Crippen molar-refractivity contribution in [1.82, 2.24) is 9.55 Å². The molecule has 0 bridgehead atoms. The summed E-state index contributed by atoms with van der Waals surface area (Å²) in [6.07, 6.45) is 7.85. The Labute approximate surface area is 149 Å². The average molecular weight is 355 g/mol. The van der Waals surface area contributed by atoms with Gasteiger partial charge in [0.25, 0.3) is 5.91 Å². The summed E-state index contributed by atoms with van der Waals surface area (Å²) >= 11 is 0. The molecule has 2 aromatic carbocycles. The van der Waals surface area contributed by atoms with Crippen molar-refractivity contribution >= 4 is 22.6 Å². The van der Waals surface area contributed by atoms with Gasteiger partial charge in [0.2, 0.25) is 0 Å². The molecule has 1 saturated carbocycles. The van der Waals surface area contributed by atoms with Crippen molar-refractivity contribution in [2.75, 3.05) is 5.32 Å². The summed E-state index contributed by atoms with van der Waals surface area (Å²) in [4.78, 5) is 16.8. The third-order valence-corrected chi connectivity index (χ3v) is 4.98. The predicted molar refractivity (Wildman–Crippen MR) is 96.2 cm³/mol. The molecule has 4 rings (SSSR count). The number of imidazole rings is 1. The SMILES string of the molecule is O=C(Nc1cc(F)ccc1F)c1ccc2c(c1)ncn2C1CCCCC1. The van der Waals surface area contributed by atoms with Gasteiger partial charge in [0.15, 0.2) is 0 Å². The number of anilines is 1. The summed E-state index contributed by atoms with van der Waals surface area (Å²) in [6, 6.07) is 8.65. The van der Waals surface area contributed by atoms with E-state index in [1.165, 1.54) is 19.3 Å². The number of fused-ring (bicyclic) bond motifs is 1. The first-order valence-electron chi connectivity index (χ1n) is 8.85. The van der Waals surface area contributed by atoms with E-state index in [9.17, 15) is 13.6 Å². The Morgan fingerprint density at radius 3 is 2.69 bits per heavy atom. The Balaban J connectivity index is 1.59. The molecule has 0 saturated heterocycles. The van der Waals surface area contributed by atoms with Crippen molar-refractivity contribution in [3.05, 3.63) is 59.9 Å². The minimum Gasteiger partial charge on any atom is -0.327 e. The lowest BCUT2D eigenvalue weighted by atomic mass is 9.95. The minimum atomic E-state index is -0.678. The first-order chi connectivity index (χ1) is 12.6. The van der Waals surface area contributed by atoms with E-state index in [0.717, 1.165) is 42.1 Å². The number of benzene rings is 2. The lowest BCUT2D eigenvalue weighted by molar-refractivity contribution is 0.102. The number of carbonyl (C=O) groups excluding carboxylic acids is 1. The molecule has 3 aromatic rings. The highest BCUT2D eigenvalue weighted by molar-refractivity contribution is 6.06. The summed E-state index contributed by atoms with van der Waals surface area (Å²) < 4.78 is 29.2. The number of hydrogen-bond donors (Lipinski definition) is 1. The number of nitrogens with one attached hydrogen (secondary N) is 1. The Bertz CT molecular complexity index is 961. The maximum absolute atomic E-state index is 13.7. The number of amides is 1. The Kier molecular flexibility index (Phi) is 4.41. The fourth-order valence-electron chi connectivity index (χ4n) is 3.61. The van der Waals surface area contributed by atoms with Gasteiger partial charge in [-0.1, -0.05) is 19.3 Å². The number of halogens is 2. The smallest absolute Gasteiger partial charge is 0.255 e. The zero-order chi connectivity index (χ0) is 18.1. The van der Waals surface area contributed by atoms with Gasteiger partial charge in [0.05, 0.1) is 23.0 Å². The number of aromatic nitrogens is 2. The zero-order valence-electron chi connectivity index (χ0n) is 14.2. The molecule has 1 N–H and O–H groups in total. The molecule has 1 fully saturated rings. The van der Waals surface area contributed by atoms with Crippen molar-refractivity contribution in [2.45, 2.75) is 38.1 Å². The van der Waals surface area contributed by atoms with Crippen LogP contribution in [-0.4, -0.2) is 15.5 Å². The Morgan fingerprint density at radius 2 is 1.88 bits per heavy atom. The van der Waals surface area contributed by atoms with E-state index in [-0.39, 0.29) is 5.69 Å². The molecule has 0 spiro atoms. The van der Waals surface area contributed by atoms with Crippen LogP contribution >= 0.6 is 0 Å². The van der Waals surface area contributed by atoms with Gasteiger partial charge in [0.1, 0.15) is 11.6 Å². The van der Waals surface area contributed by atoms with Crippen LogP contribution in [0.5, 0.6) is 0 Å². The van der Waals surface area contributed by atoms with Gasteiger partial charge in [-0.05, 0) is 43.2 Å². The van der Waals surface area contributed by atoms with Gasteiger partial charge in [-0.2, -0.15) is 0 Å². The molecular weight excluding hydrogens is 336 g/mol. The van der Waals surface area contributed by atoms with Crippen LogP contribution in [0.2, 0.25) is 0 Å². The van der Waals surface area contributed by atoms with Crippen molar-refractivity contribution in [1.29, 1.82) is 0 Å². The van der Waals surface area contributed by atoms with E-state index in [0.29, 0.717) is 11.6 Å². The predicted octanol–water partition coefficient (Wildman–Crippen LogP) is 5.07. The molecule has 0 radical (unpaired) electrons. The largest absolute Gasteiger partial charge is 0.327 e. The zero-order valence-corrected chi connectivity index (χ0v) is 14.2. The third kappa shape index (κ3) is 3.19. The molecule has 6 heteroatoms. The number of nitrogens with zero attached hydrogens (tertiary/aromatic N) is 2. The second kappa shape index (κ2) is 6.86. The van der Waals surface area contributed by atoms with Crippen LogP contribution in [0.3, 0.4) is 0 Å². The van der Waals surface area contributed by atoms with Crippen molar-refractivity contribution in [2.24, 2.45) is 0 Å². The molecule has 1 heterocycles. The van der Waals surface area contributed by atoms with Crippen LogP contribution in [0, 0.1) is 11.6 Å². The third-order valence-electron chi connectivity index (χ3n) is 4.98. The standard InChI is InChI=1S/C20H19F2N3O/c21-14-7-8-16(22)17(11-14)24-20(26)13-6-9-19-18(10-13)23-12-25(19)15-4-2-1-3-5-15/h6-12,15H,1-5H2,(H,24,26). The molecule has 0 atom stereocenters. The van der Waals surface area contributed by atoms with E-state index >= 15 is 0 Å². The van der Waals surface area contributed by atoms with E-state index in [1.54, 1.807) is 12.1 Å². The van der Waals surface area contributed by atoms with Crippen molar-refractivity contribution in [3.63, 3.8) is 0 Å². The van der Waals surface area contributed by atoms with Gasteiger partial charge >= 0.3 is 0 Å². The maximum Gasteiger partial charge on any atom is 0.255 e. The first kappa shape index (κ1) is 16.7. The Morgan fingerprint density at radius 1 is 1.08 bits per heavy atom. The van der Waals surface area contributed by atoms with Crippen molar-refractivity contribution < 1.29 is 13.6 Å². The molecule has 4 nitrogen and oxygen atoms in total. The van der Waals surface area contributed by atoms with Crippen LogP contribution in [0.4, 0.5) is 14.5 Å². The number of hydrogen-bond acceptors (Lipinski definition) is 2. The second-order valence-electron chi connectivity index (χ2n) is 6.73. The maximum atomic E-state index is 13.7. The topological polar surface area (TPSA) is 46.9 Å². The quantitative estimate of drug-likeness (QED) is 0.713. The monoisotopic (exact) mass is 355 g/mol. The van der Waals surface area contributed by atoms with Gasteiger partial charge in [-0.15, -0.1) is 0 Å².